The quantitative estimate of drug-likeness (QED) is 0.656. The Bertz CT molecular complexity index is 448. The number of hydrogen-bond donors (Lipinski definition) is 1. The van der Waals surface area contributed by atoms with Crippen LogP contribution >= 0.6 is 0 Å². The zero-order valence-corrected chi connectivity index (χ0v) is 10.5. The lowest BCUT2D eigenvalue weighted by atomic mass is 10.1. The molecule has 18 heavy (non-hydrogen) atoms. The number of nitro benzene ring substituents is 1. The predicted molar refractivity (Wildman–Crippen MR) is 69.9 cm³/mol. The number of nitro groups is 1. The van der Waals surface area contributed by atoms with Crippen molar-refractivity contribution in [1.82, 2.24) is 0 Å². The Labute approximate surface area is 106 Å². The highest BCUT2D eigenvalue weighted by molar-refractivity contribution is 5.55. The second-order valence-electron chi connectivity index (χ2n) is 4.84. The molecule has 1 aliphatic rings. The van der Waals surface area contributed by atoms with Crippen LogP contribution in [0, 0.1) is 23.0 Å². The number of benzene rings is 1. The highest BCUT2D eigenvalue weighted by atomic mass is 16.6. The van der Waals surface area contributed by atoms with E-state index >= 15 is 0 Å². The van der Waals surface area contributed by atoms with Crippen molar-refractivity contribution < 1.29 is 10.0 Å². The molecule has 1 fully saturated rings. The molecule has 0 saturated carbocycles. The van der Waals surface area contributed by atoms with Gasteiger partial charge in [0.05, 0.1) is 4.92 Å². The van der Waals surface area contributed by atoms with E-state index in [9.17, 15) is 10.1 Å². The first kappa shape index (κ1) is 12.8. The summed E-state index contributed by atoms with van der Waals surface area (Å²) in [4.78, 5) is 12.6. The summed E-state index contributed by atoms with van der Waals surface area (Å²) in [7, 11) is 0. The van der Waals surface area contributed by atoms with Crippen molar-refractivity contribution >= 4 is 11.4 Å². The molecule has 0 bridgehead atoms. The smallest absolute Gasteiger partial charge is 0.272 e. The van der Waals surface area contributed by atoms with Crippen molar-refractivity contribution in [3.05, 3.63) is 33.9 Å². The molecule has 1 saturated heterocycles. The second-order valence-corrected chi connectivity index (χ2v) is 4.84. The number of aliphatic hydroxyl groups excluding tert-OH is 1. The molecule has 0 unspecified atom stereocenters. The SMILES string of the molecule is Cc1cc(N2CC[C@H](CCO)C2)ccc1[N+](=O)[O-]. The Morgan fingerprint density at radius 1 is 1.56 bits per heavy atom. The predicted octanol–water partition coefficient (Wildman–Crippen LogP) is 2.11. The molecule has 0 aromatic heterocycles. The van der Waals surface area contributed by atoms with Crippen LogP contribution in [0.25, 0.3) is 0 Å². The van der Waals surface area contributed by atoms with Gasteiger partial charge in [-0.15, -0.1) is 0 Å². The van der Waals surface area contributed by atoms with Crippen LogP contribution in [0.3, 0.4) is 0 Å². The molecule has 1 aliphatic heterocycles. The summed E-state index contributed by atoms with van der Waals surface area (Å²) in [6.45, 7) is 3.89. The zero-order valence-electron chi connectivity index (χ0n) is 10.5. The standard InChI is InChI=1S/C13H18N2O3/c1-10-8-12(2-3-13(10)15(17)18)14-6-4-11(9-14)5-7-16/h2-3,8,11,16H,4-7,9H2,1H3/t11-/m1/s1. The van der Waals surface area contributed by atoms with Gasteiger partial charge in [0.1, 0.15) is 0 Å². The largest absolute Gasteiger partial charge is 0.396 e. The molecule has 1 heterocycles. The molecule has 2 rings (SSSR count). The highest BCUT2D eigenvalue weighted by Crippen LogP contribution is 2.29. The summed E-state index contributed by atoms with van der Waals surface area (Å²) in [6, 6.07) is 5.26. The molecule has 1 aromatic rings. The molecule has 1 atom stereocenters. The van der Waals surface area contributed by atoms with Crippen LogP contribution in [0.1, 0.15) is 18.4 Å². The Morgan fingerprint density at radius 2 is 2.33 bits per heavy atom. The molecule has 1 N–H and O–H groups in total. The lowest BCUT2D eigenvalue weighted by molar-refractivity contribution is -0.385. The van der Waals surface area contributed by atoms with E-state index in [1.165, 1.54) is 0 Å². The normalized spacial score (nSPS) is 19.2. The lowest BCUT2D eigenvalue weighted by Crippen LogP contribution is -2.20. The van der Waals surface area contributed by atoms with Crippen molar-refractivity contribution in [1.29, 1.82) is 0 Å². The number of aliphatic hydroxyl groups is 1. The number of hydrogen-bond acceptors (Lipinski definition) is 4. The first-order valence-corrected chi connectivity index (χ1v) is 6.22. The van der Waals surface area contributed by atoms with Crippen LogP contribution in [0.2, 0.25) is 0 Å². The molecule has 0 spiro atoms. The van der Waals surface area contributed by atoms with Gasteiger partial charge in [-0.3, -0.25) is 10.1 Å². The third-order valence-electron chi connectivity index (χ3n) is 3.57. The summed E-state index contributed by atoms with van der Waals surface area (Å²) in [6.07, 6.45) is 1.92. The molecule has 5 heteroatoms. The zero-order chi connectivity index (χ0) is 13.1. The monoisotopic (exact) mass is 250 g/mol. The van der Waals surface area contributed by atoms with Crippen LogP contribution in [0.15, 0.2) is 18.2 Å². The minimum Gasteiger partial charge on any atom is -0.396 e. The van der Waals surface area contributed by atoms with Crippen LogP contribution in [-0.2, 0) is 0 Å². The maximum atomic E-state index is 10.8. The summed E-state index contributed by atoms with van der Waals surface area (Å²) >= 11 is 0. The van der Waals surface area contributed by atoms with Crippen molar-refractivity contribution in [2.24, 2.45) is 5.92 Å². The maximum absolute atomic E-state index is 10.8. The third kappa shape index (κ3) is 2.61. The van der Waals surface area contributed by atoms with Crippen LogP contribution in [-0.4, -0.2) is 29.7 Å². The first-order valence-electron chi connectivity index (χ1n) is 6.22. The van der Waals surface area contributed by atoms with Gasteiger partial charge in [-0.1, -0.05) is 0 Å². The van der Waals surface area contributed by atoms with Crippen LogP contribution < -0.4 is 4.90 Å². The maximum Gasteiger partial charge on any atom is 0.272 e. The summed E-state index contributed by atoms with van der Waals surface area (Å²) in [5.41, 5.74) is 1.91. The summed E-state index contributed by atoms with van der Waals surface area (Å²) in [5.74, 6) is 0.533. The summed E-state index contributed by atoms with van der Waals surface area (Å²) < 4.78 is 0. The molecule has 1 aromatic carbocycles. The molecule has 98 valence electrons. The average Bonchev–Trinajstić information content (AvgIpc) is 2.77. The minimum atomic E-state index is -0.350. The van der Waals surface area contributed by atoms with E-state index < -0.39 is 0 Å². The van der Waals surface area contributed by atoms with Crippen LogP contribution in [0.5, 0.6) is 0 Å². The first-order chi connectivity index (χ1) is 8.61. The second kappa shape index (κ2) is 5.35. The fraction of sp³-hybridized carbons (Fsp3) is 0.538. The number of nitrogens with zero attached hydrogens (tertiary/aromatic N) is 2. The number of rotatable bonds is 4. The molecule has 0 aliphatic carbocycles. The highest BCUT2D eigenvalue weighted by Gasteiger charge is 2.23. The van der Waals surface area contributed by atoms with E-state index in [2.05, 4.69) is 4.90 Å². The lowest BCUT2D eigenvalue weighted by Gasteiger charge is -2.19. The van der Waals surface area contributed by atoms with Gasteiger partial charge in [0.15, 0.2) is 0 Å². The van der Waals surface area contributed by atoms with Gasteiger partial charge in [0.2, 0.25) is 0 Å². The van der Waals surface area contributed by atoms with Gasteiger partial charge in [0.25, 0.3) is 5.69 Å². The van der Waals surface area contributed by atoms with Gasteiger partial charge in [-0.2, -0.15) is 0 Å². The fourth-order valence-corrected chi connectivity index (χ4v) is 2.53. The molecular weight excluding hydrogens is 232 g/mol. The fourth-order valence-electron chi connectivity index (χ4n) is 2.53. The number of aryl methyl sites for hydroxylation is 1. The minimum absolute atomic E-state index is 0.171. The van der Waals surface area contributed by atoms with E-state index in [4.69, 9.17) is 5.11 Å². The molecular formula is C13H18N2O3. The third-order valence-corrected chi connectivity index (χ3v) is 3.57. The molecule has 0 amide bonds. The molecule has 0 radical (unpaired) electrons. The topological polar surface area (TPSA) is 66.6 Å². The summed E-state index contributed by atoms with van der Waals surface area (Å²) in [5, 5.41) is 19.7. The Hall–Kier alpha value is -1.62. The Kier molecular flexibility index (Phi) is 3.81. The van der Waals surface area contributed by atoms with Crippen molar-refractivity contribution in [3.63, 3.8) is 0 Å². The van der Waals surface area contributed by atoms with E-state index in [1.807, 2.05) is 12.1 Å². The molecule has 5 nitrogen and oxygen atoms in total. The van der Waals surface area contributed by atoms with Crippen molar-refractivity contribution in [2.75, 3.05) is 24.6 Å². The van der Waals surface area contributed by atoms with Crippen molar-refractivity contribution in [3.8, 4) is 0 Å². The Morgan fingerprint density at radius 3 is 2.94 bits per heavy atom. The Balaban J connectivity index is 2.11. The van der Waals surface area contributed by atoms with E-state index in [0.717, 1.165) is 31.6 Å². The van der Waals surface area contributed by atoms with Gasteiger partial charge < -0.3 is 10.0 Å². The number of anilines is 1. The van der Waals surface area contributed by atoms with E-state index in [-0.39, 0.29) is 17.2 Å². The van der Waals surface area contributed by atoms with Crippen molar-refractivity contribution in [2.45, 2.75) is 19.8 Å². The van der Waals surface area contributed by atoms with Gasteiger partial charge >= 0.3 is 0 Å². The average molecular weight is 250 g/mol. The van der Waals surface area contributed by atoms with Gasteiger partial charge in [-0.05, 0) is 37.8 Å². The van der Waals surface area contributed by atoms with E-state index in [1.54, 1.807) is 13.0 Å². The van der Waals surface area contributed by atoms with Gasteiger partial charge in [-0.25, -0.2) is 0 Å². The van der Waals surface area contributed by atoms with Gasteiger partial charge in [0, 0.05) is 37.0 Å². The van der Waals surface area contributed by atoms with Crippen LogP contribution in [0.4, 0.5) is 11.4 Å². The van der Waals surface area contributed by atoms with E-state index in [0.29, 0.717) is 11.5 Å².